The molecule has 0 aliphatic carbocycles. The van der Waals surface area contributed by atoms with E-state index in [0.717, 1.165) is 0 Å². The summed E-state index contributed by atoms with van der Waals surface area (Å²) in [6.07, 6.45) is -1.000. The second-order valence-electron chi connectivity index (χ2n) is 2.14. The number of aliphatic hydroxyl groups is 2. The standard InChI is InChI=1S/C7H10N2O3/c1-5(2-8)7(12)9-3-6(11)4-10/h6,10-11H,1,3-4H2,(H,9,12). The van der Waals surface area contributed by atoms with Gasteiger partial charge in [0, 0.05) is 6.54 Å². The van der Waals surface area contributed by atoms with Crippen molar-refractivity contribution in [1.29, 1.82) is 5.26 Å². The maximum atomic E-state index is 10.8. The molecule has 66 valence electrons. The number of carbonyl (C=O) groups is 1. The van der Waals surface area contributed by atoms with Gasteiger partial charge < -0.3 is 15.5 Å². The Bertz CT molecular complexity index is 219. The molecule has 0 saturated carbocycles. The van der Waals surface area contributed by atoms with E-state index in [9.17, 15) is 4.79 Å². The summed E-state index contributed by atoms with van der Waals surface area (Å²) in [6, 6.07) is 1.56. The lowest BCUT2D eigenvalue weighted by atomic mass is 10.3. The minimum absolute atomic E-state index is 0.0873. The van der Waals surface area contributed by atoms with Crippen molar-refractivity contribution in [3.63, 3.8) is 0 Å². The van der Waals surface area contributed by atoms with Crippen molar-refractivity contribution in [1.82, 2.24) is 5.32 Å². The number of carbonyl (C=O) groups excluding carboxylic acids is 1. The van der Waals surface area contributed by atoms with Gasteiger partial charge in [0.05, 0.1) is 12.7 Å². The van der Waals surface area contributed by atoms with Crippen LogP contribution in [0.15, 0.2) is 12.2 Å². The first kappa shape index (κ1) is 10.6. The fourth-order valence-electron chi connectivity index (χ4n) is 0.433. The van der Waals surface area contributed by atoms with E-state index in [4.69, 9.17) is 15.5 Å². The van der Waals surface area contributed by atoms with Crippen LogP contribution in [-0.2, 0) is 4.79 Å². The lowest BCUT2D eigenvalue weighted by Crippen LogP contribution is -2.34. The van der Waals surface area contributed by atoms with Gasteiger partial charge in [0.1, 0.15) is 11.6 Å². The first-order valence-corrected chi connectivity index (χ1v) is 3.28. The molecule has 0 radical (unpaired) electrons. The molecule has 0 bridgehead atoms. The molecule has 1 atom stereocenters. The predicted molar refractivity (Wildman–Crippen MR) is 40.9 cm³/mol. The lowest BCUT2D eigenvalue weighted by Gasteiger charge is -2.07. The van der Waals surface area contributed by atoms with Crippen LogP contribution in [0.25, 0.3) is 0 Å². The SMILES string of the molecule is C=C(C#N)C(=O)NCC(O)CO. The van der Waals surface area contributed by atoms with Gasteiger partial charge in [0.2, 0.25) is 0 Å². The Morgan fingerprint density at radius 3 is 2.75 bits per heavy atom. The Morgan fingerprint density at radius 2 is 2.33 bits per heavy atom. The van der Waals surface area contributed by atoms with E-state index < -0.39 is 18.6 Å². The van der Waals surface area contributed by atoms with Gasteiger partial charge in [-0.1, -0.05) is 6.58 Å². The molecule has 0 rings (SSSR count). The van der Waals surface area contributed by atoms with Gasteiger partial charge in [-0.25, -0.2) is 0 Å². The highest BCUT2D eigenvalue weighted by molar-refractivity contribution is 5.96. The van der Waals surface area contributed by atoms with Gasteiger partial charge in [-0.05, 0) is 0 Å². The number of nitrogens with one attached hydrogen (secondary N) is 1. The minimum Gasteiger partial charge on any atom is -0.394 e. The average molecular weight is 170 g/mol. The highest BCUT2D eigenvalue weighted by Gasteiger charge is 2.07. The van der Waals surface area contributed by atoms with E-state index in [1.54, 1.807) is 6.07 Å². The summed E-state index contributed by atoms with van der Waals surface area (Å²) in [6.45, 7) is 2.64. The molecule has 1 unspecified atom stereocenters. The van der Waals surface area contributed by atoms with Crippen molar-refractivity contribution in [2.75, 3.05) is 13.2 Å². The molecule has 0 saturated heterocycles. The Hall–Kier alpha value is -1.38. The molecule has 0 aromatic rings. The summed E-state index contributed by atoms with van der Waals surface area (Å²) in [5.74, 6) is -0.634. The summed E-state index contributed by atoms with van der Waals surface area (Å²) < 4.78 is 0. The van der Waals surface area contributed by atoms with Gasteiger partial charge >= 0.3 is 0 Å². The molecule has 0 aromatic heterocycles. The third kappa shape index (κ3) is 3.71. The number of nitriles is 1. The number of amides is 1. The fourth-order valence-corrected chi connectivity index (χ4v) is 0.433. The van der Waals surface area contributed by atoms with Crippen LogP contribution in [0.5, 0.6) is 0 Å². The summed E-state index contributed by atoms with van der Waals surface area (Å²) in [4.78, 5) is 10.8. The molecule has 0 fully saturated rings. The third-order valence-electron chi connectivity index (χ3n) is 1.12. The van der Waals surface area contributed by atoms with E-state index in [1.807, 2.05) is 0 Å². The fraction of sp³-hybridized carbons (Fsp3) is 0.429. The highest BCUT2D eigenvalue weighted by atomic mass is 16.3. The van der Waals surface area contributed by atoms with E-state index in [-0.39, 0.29) is 12.1 Å². The second kappa shape index (κ2) is 5.29. The van der Waals surface area contributed by atoms with E-state index in [0.29, 0.717) is 0 Å². The number of nitrogens with zero attached hydrogens (tertiary/aromatic N) is 1. The minimum atomic E-state index is -1.000. The Morgan fingerprint density at radius 1 is 1.75 bits per heavy atom. The van der Waals surface area contributed by atoms with Gasteiger partial charge in [0.15, 0.2) is 0 Å². The largest absolute Gasteiger partial charge is 0.394 e. The maximum Gasteiger partial charge on any atom is 0.261 e. The van der Waals surface area contributed by atoms with Crippen molar-refractivity contribution in [3.05, 3.63) is 12.2 Å². The molecule has 0 aromatic carbocycles. The predicted octanol–water partition coefficient (Wildman–Crippen LogP) is -1.46. The van der Waals surface area contributed by atoms with Crippen LogP contribution in [0.4, 0.5) is 0 Å². The van der Waals surface area contributed by atoms with E-state index in [1.165, 1.54) is 0 Å². The molecule has 0 aliphatic rings. The summed E-state index contributed by atoms with van der Waals surface area (Å²) in [5, 5.41) is 27.6. The monoisotopic (exact) mass is 170 g/mol. The number of hydrogen-bond donors (Lipinski definition) is 3. The average Bonchev–Trinajstić information content (AvgIpc) is 2.11. The first-order valence-electron chi connectivity index (χ1n) is 3.28. The second-order valence-corrected chi connectivity index (χ2v) is 2.14. The number of hydrogen-bond acceptors (Lipinski definition) is 4. The molecule has 3 N–H and O–H groups in total. The molecule has 5 heteroatoms. The Balaban J connectivity index is 3.74. The molecular formula is C7H10N2O3. The summed E-state index contributed by atoms with van der Waals surface area (Å²) >= 11 is 0. The van der Waals surface area contributed by atoms with Crippen molar-refractivity contribution in [2.24, 2.45) is 0 Å². The Labute approximate surface area is 69.9 Å². The van der Waals surface area contributed by atoms with Crippen molar-refractivity contribution in [2.45, 2.75) is 6.10 Å². The van der Waals surface area contributed by atoms with E-state index in [2.05, 4.69) is 11.9 Å². The lowest BCUT2D eigenvalue weighted by molar-refractivity contribution is -0.117. The molecule has 0 spiro atoms. The zero-order valence-electron chi connectivity index (χ0n) is 6.45. The molecule has 12 heavy (non-hydrogen) atoms. The van der Waals surface area contributed by atoms with Gasteiger partial charge in [-0.15, -0.1) is 0 Å². The molecule has 1 amide bonds. The van der Waals surface area contributed by atoms with Crippen LogP contribution in [0.2, 0.25) is 0 Å². The van der Waals surface area contributed by atoms with Crippen LogP contribution >= 0.6 is 0 Å². The molecular weight excluding hydrogens is 160 g/mol. The third-order valence-corrected chi connectivity index (χ3v) is 1.12. The van der Waals surface area contributed by atoms with E-state index >= 15 is 0 Å². The van der Waals surface area contributed by atoms with Gasteiger partial charge in [0.25, 0.3) is 5.91 Å². The zero-order valence-corrected chi connectivity index (χ0v) is 6.45. The van der Waals surface area contributed by atoms with Crippen LogP contribution in [0, 0.1) is 11.3 Å². The number of aliphatic hydroxyl groups excluding tert-OH is 2. The quantitative estimate of drug-likeness (QED) is 0.355. The molecule has 0 aliphatic heterocycles. The van der Waals surface area contributed by atoms with Crippen molar-refractivity contribution >= 4 is 5.91 Å². The summed E-state index contributed by atoms with van der Waals surface area (Å²) in [7, 11) is 0. The highest BCUT2D eigenvalue weighted by Crippen LogP contribution is 1.86. The smallest absolute Gasteiger partial charge is 0.261 e. The zero-order chi connectivity index (χ0) is 9.56. The maximum absolute atomic E-state index is 10.8. The van der Waals surface area contributed by atoms with Crippen LogP contribution in [-0.4, -0.2) is 35.4 Å². The molecule has 5 nitrogen and oxygen atoms in total. The molecule has 0 heterocycles. The number of rotatable bonds is 4. The van der Waals surface area contributed by atoms with Crippen molar-refractivity contribution in [3.8, 4) is 6.07 Å². The first-order chi connectivity index (χ1) is 5.61. The van der Waals surface area contributed by atoms with Crippen LogP contribution in [0.3, 0.4) is 0 Å². The van der Waals surface area contributed by atoms with Crippen LogP contribution in [0.1, 0.15) is 0 Å². The Kier molecular flexibility index (Phi) is 4.69. The van der Waals surface area contributed by atoms with Gasteiger partial charge in [-0.2, -0.15) is 5.26 Å². The van der Waals surface area contributed by atoms with Crippen molar-refractivity contribution < 1.29 is 15.0 Å². The van der Waals surface area contributed by atoms with Crippen LogP contribution < -0.4 is 5.32 Å². The topological polar surface area (TPSA) is 93.4 Å². The van der Waals surface area contributed by atoms with Gasteiger partial charge in [-0.3, -0.25) is 4.79 Å². The summed E-state index contributed by atoms with van der Waals surface area (Å²) in [5.41, 5.74) is -0.222. The normalized spacial score (nSPS) is 11.4.